The van der Waals surface area contributed by atoms with Crippen molar-refractivity contribution in [3.05, 3.63) is 80.9 Å². The van der Waals surface area contributed by atoms with Gasteiger partial charge in [-0.25, -0.2) is 0 Å². The Kier molecular flexibility index (Phi) is 7.34. The van der Waals surface area contributed by atoms with Gasteiger partial charge in [0.15, 0.2) is 0 Å². The van der Waals surface area contributed by atoms with Crippen molar-refractivity contribution in [3.63, 3.8) is 0 Å². The predicted molar refractivity (Wildman–Crippen MR) is 116 cm³/mol. The number of aryl methyl sites for hydroxylation is 1. The van der Waals surface area contributed by atoms with Crippen LogP contribution in [0.3, 0.4) is 0 Å². The normalized spacial score (nSPS) is 17.7. The quantitative estimate of drug-likeness (QED) is 0.153. The smallest absolute Gasteiger partial charge is 0.295 e. The molecule has 1 fully saturated rings. The lowest BCUT2D eigenvalue weighted by atomic mass is 9.94. The van der Waals surface area contributed by atoms with Crippen molar-refractivity contribution >= 4 is 23.1 Å². The van der Waals surface area contributed by atoms with E-state index in [4.69, 9.17) is 9.84 Å². The number of nitro benzene ring substituents is 1. The molecular formula is C23H24N2O7. The van der Waals surface area contributed by atoms with Crippen LogP contribution >= 0.6 is 0 Å². The molecule has 2 aromatic rings. The van der Waals surface area contributed by atoms with E-state index in [1.807, 2.05) is 19.1 Å². The second-order valence-corrected chi connectivity index (χ2v) is 7.23. The molecule has 0 aromatic heterocycles. The number of carbonyl (C=O) groups excluding carboxylic acids is 2. The van der Waals surface area contributed by atoms with Crippen LogP contribution in [0.4, 0.5) is 5.69 Å². The van der Waals surface area contributed by atoms with Crippen LogP contribution in [0.5, 0.6) is 0 Å². The fourth-order valence-corrected chi connectivity index (χ4v) is 3.64. The van der Waals surface area contributed by atoms with Crippen LogP contribution in [0.1, 0.15) is 29.7 Å². The molecule has 1 aliphatic heterocycles. The Morgan fingerprint density at radius 3 is 2.50 bits per heavy atom. The lowest BCUT2D eigenvalue weighted by molar-refractivity contribution is -0.384. The van der Waals surface area contributed by atoms with E-state index in [-0.39, 0.29) is 43.2 Å². The molecule has 1 saturated heterocycles. The van der Waals surface area contributed by atoms with Gasteiger partial charge in [0, 0.05) is 24.2 Å². The number of aliphatic hydroxyl groups is 2. The van der Waals surface area contributed by atoms with E-state index in [9.17, 15) is 24.8 Å². The van der Waals surface area contributed by atoms with Gasteiger partial charge in [-0.15, -0.1) is 0 Å². The standard InChI is InChI=1S/C23H24N2O7/c1-2-15-6-8-16(9-7-15)20-19(21(27)17-4-3-5-18(14-17)25(30)31)22(28)23(29)24(20)10-12-32-13-11-26/h3-9,14,20,26-27H,2,10-13H2,1H3/b21-19+. The zero-order valence-electron chi connectivity index (χ0n) is 17.6. The molecule has 1 amide bonds. The average Bonchev–Trinajstić information content (AvgIpc) is 3.06. The molecule has 1 heterocycles. The maximum Gasteiger partial charge on any atom is 0.295 e. The van der Waals surface area contributed by atoms with Gasteiger partial charge in [0.05, 0.1) is 36.4 Å². The minimum absolute atomic E-state index is 0.0660. The topological polar surface area (TPSA) is 130 Å². The number of benzene rings is 2. The van der Waals surface area contributed by atoms with Crippen molar-refractivity contribution in [1.82, 2.24) is 4.90 Å². The number of likely N-dealkylation sites (tertiary alicyclic amines) is 1. The zero-order chi connectivity index (χ0) is 23.3. The van der Waals surface area contributed by atoms with Crippen LogP contribution in [0.15, 0.2) is 54.1 Å². The number of hydrogen-bond acceptors (Lipinski definition) is 7. The molecule has 2 N–H and O–H groups in total. The summed E-state index contributed by atoms with van der Waals surface area (Å²) in [6.45, 7) is 2.08. The molecule has 1 unspecified atom stereocenters. The van der Waals surface area contributed by atoms with Gasteiger partial charge in [-0.1, -0.05) is 43.3 Å². The van der Waals surface area contributed by atoms with Crippen LogP contribution in [0.25, 0.3) is 5.76 Å². The van der Waals surface area contributed by atoms with E-state index in [0.717, 1.165) is 18.1 Å². The maximum absolute atomic E-state index is 12.9. The molecule has 1 aliphatic rings. The number of hydrogen-bond donors (Lipinski definition) is 2. The Morgan fingerprint density at radius 2 is 1.88 bits per heavy atom. The summed E-state index contributed by atoms with van der Waals surface area (Å²) in [5.41, 5.74) is 1.38. The van der Waals surface area contributed by atoms with Gasteiger partial charge < -0.3 is 19.8 Å². The number of amides is 1. The van der Waals surface area contributed by atoms with Crippen molar-refractivity contribution in [2.45, 2.75) is 19.4 Å². The van der Waals surface area contributed by atoms with Gasteiger partial charge in [0.25, 0.3) is 17.4 Å². The Hall–Kier alpha value is -3.56. The SMILES string of the molecule is CCc1ccc(C2/C(=C(\O)c3cccc([N+](=O)[O-])c3)C(=O)C(=O)N2CCOCCO)cc1. The highest BCUT2D eigenvalue weighted by molar-refractivity contribution is 6.46. The third kappa shape index (κ3) is 4.68. The third-order valence-electron chi connectivity index (χ3n) is 5.29. The average molecular weight is 440 g/mol. The van der Waals surface area contributed by atoms with E-state index in [2.05, 4.69) is 0 Å². The van der Waals surface area contributed by atoms with Crippen molar-refractivity contribution in [2.24, 2.45) is 0 Å². The summed E-state index contributed by atoms with van der Waals surface area (Å²) in [5.74, 6) is -2.15. The van der Waals surface area contributed by atoms with Gasteiger partial charge in [-0.05, 0) is 17.5 Å². The summed E-state index contributed by atoms with van der Waals surface area (Å²) in [6, 6.07) is 11.7. The first-order valence-corrected chi connectivity index (χ1v) is 10.2. The van der Waals surface area contributed by atoms with E-state index in [0.29, 0.717) is 5.56 Å². The molecule has 0 saturated carbocycles. The second kappa shape index (κ2) is 10.2. The first kappa shape index (κ1) is 23.1. The lowest BCUT2D eigenvalue weighted by Crippen LogP contribution is -2.33. The van der Waals surface area contributed by atoms with Crippen molar-refractivity contribution < 1.29 is 29.5 Å². The number of nitrogens with zero attached hydrogens (tertiary/aromatic N) is 2. The first-order chi connectivity index (χ1) is 15.4. The highest BCUT2D eigenvalue weighted by Crippen LogP contribution is 2.39. The van der Waals surface area contributed by atoms with Crippen molar-refractivity contribution in [1.29, 1.82) is 0 Å². The second-order valence-electron chi connectivity index (χ2n) is 7.23. The Balaban J connectivity index is 2.09. The minimum Gasteiger partial charge on any atom is -0.507 e. The van der Waals surface area contributed by atoms with Crippen LogP contribution in [0, 0.1) is 10.1 Å². The Labute approximate surface area is 184 Å². The fourth-order valence-electron chi connectivity index (χ4n) is 3.64. The van der Waals surface area contributed by atoms with Gasteiger partial charge in [0.2, 0.25) is 0 Å². The van der Waals surface area contributed by atoms with E-state index in [1.165, 1.54) is 23.1 Å². The number of non-ortho nitro benzene ring substituents is 1. The van der Waals surface area contributed by atoms with Crippen molar-refractivity contribution in [2.75, 3.05) is 26.4 Å². The number of aliphatic hydroxyl groups excluding tert-OH is 2. The molecule has 0 spiro atoms. The number of rotatable bonds is 9. The molecule has 32 heavy (non-hydrogen) atoms. The Morgan fingerprint density at radius 1 is 1.16 bits per heavy atom. The predicted octanol–water partition coefficient (Wildman–Crippen LogP) is 2.59. The van der Waals surface area contributed by atoms with E-state index < -0.39 is 28.4 Å². The van der Waals surface area contributed by atoms with Gasteiger partial charge in [-0.2, -0.15) is 0 Å². The molecule has 0 aliphatic carbocycles. The monoisotopic (exact) mass is 440 g/mol. The number of nitro groups is 1. The summed E-state index contributed by atoms with van der Waals surface area (Å²) >= 11 is 0. The summed E-state index contributed by atoms with van der Waals surface area (Å²) in [5, 5.41) is 31.0. The van der Waals surface area contributed by atoms with Crippen LogP contribution < -0.4 is 0 Å². The lowest BCUT2D eigenvalue weighted by Gasteiger charge is -2.25. The number of carbonyl (C=O) groups is 2. The molecule has 168 valence electrons. The van der Waals surface area contributed by atoms with E-state index >= 15 is 0 Å². The summed E-state index contributed by atoms with van der Waals surface area (Å²) in [4.78, 5) is 37.6. The molecular weight excluding hydrogens is 416 g/mol. The fraction of sp³-hybridized carbons (Fsp3) is 0.304. The molecule has 3 rings (SSSR count). The molecule has 1 atom stereocenters. The molecule has 0 radical (unpaired) electrons. The molecule has 2 aromatic carbocycles. The van der Waals surface area contributed by atoms with Gasteiger partial charge in [-0.3, -0.25) is 19.7 Å². The van der Waals surface area contributed by atoms with E-state index in [1.54, 1.807) is 12.1 Å². The van der Waals surface area contributed by atoms with Gasteiger partial charge >= 0.3 is 0 Å². The van der Waals surface area contributed by atoms with Crippen LogP contribution in [0.2, 0.25) is 0 Å². The largest absolute Gasteiger partial charge is 0.507 e. The molecule has 0 bridgehead atoms. The number of ketones is 1. The Bertz CT molecular complexity index is 1050. The zero-order valence-corrected chi connectivity index (χ0v) is 17.6. The maximum atomic E-state index is 12.9. The van der Waals surface area contributed by atoms with Gasteiger partial charge in [0.1, 0.15) is 5.76 Å². The summed E-state index contributed by atoms with van der Waals surface area (Å²) < 4.78 is 5.26. The first-order valence-electron chi connectivity index (χ1n) is 10.2. The summed E-state index contributed by atoms with van der Waals surface area (Å²) in [7, 11) is 0. The summed E-state index contributed by atoms with van der Waals surface area (Å²) in [6.07, 6.45) is 0.809. The molecule has 9 nitrogen and oxygen atoms in total. The molecule has 9 heteroatoms. The number of ether oxygens (including phenoxy) is 1. The third-order valence-corrected chi connectivity index (χ3v) is 5.29. The van der Waals surface area contributed by atoms with Crippen molar-refractivity contribution in [3.8, 4) is 0 Å². The van der Waals surface area contributed by atoms with Crippen LogP contribution in [-0.4, -0.2) is 58.1 Å². The minimum atomic E-state index is -0.877. The number of Topliss-reactive ketones (excluding diaryl/α,β-unsaturated/α-hetero) is 1. The highest BCUT2D eigenvalue weighted by atomic mass is 16.6. The highest BCUT2D eigenvalue weighted by Gasteiger charge is 2.45. The van der Waals surface area contributed by atoms with Crippen LogP contribution in [-0.2, 0) is 20.7 Å².